The molecule has 0 radical (unpaired) electrons. The second-order valence-electron chi connectivity index (χ2n) is 6.32. The summed E-state index contributed by atoms with van der Waals surface area (Å²) >= 11 is 0. The average molecular weight is 319 g/mol. The molecule has 0 bridgehead atoms. The second-order valence-corrected chi connectivity index (χ2v) is 6.32. The van der Waals surface area contributed by atoms with E-state index >= 15 is 0 Å². The zero-order valence-corrected chi connectivity index (χ0v) is 13.8. The molecule has 1 aliphatic rings. The van der Waals surface area contributed by atoms with Crippen LogP contribution in [0.5, 0.6) is 0 Å². The van der Waals surface area contributed by atoms with E-state index in [1.165, 1.54) is 5.56 Å². The number of nitrogens with zero attached hydrogens (tertiary/aromatic N) is 5. The molecule has 4 rings (SSSR count). The van der Waals surface area contributed by atoms with Crippen LogP contribution >= 0.6 is 0 Å². The molecule has 0 spiro atoms. The first-order chi connectivity index (χ1) is 11.8. The standard InChI is InChI=1S/C19H21N5/c1-15-12-24(11-10-23(15)13-16-6-3-2-4-7-16)19-18-17(21-14-22-19)8-5-9-20-18/h2-9,14-15H,10-13H2,1H3. The van der Waals surface area contributed by atoms with Crippen LogP contribution in [0.1, 0.15) is 12.5 Å². The number of benzene rings is 1. The van der Waals surface area contributed by atoms with E-state index in [2.05, 4.69) is 62.0 Å². The molecule has 1 saturated heterocycles. The molecule has 0 saturated carbocycles. The molecule has 1 unspecified atom stereocenters. The van der Waals surface area contributed by atoms with E-state index in [4.69, 9.17) is 0 Å². The van der Waals surface area contributed by atoms with Gasteiger partial charge in [-0.25, -0.2) is 9.97 Å². The number of piperazine rings is 1. The molecule has 0 aliphatic carbocycles. The summed E-state index contributed by atoms with van der Waals surface area (Å²) in [4.78, 5) is 18.2. The van der Waals surface area contributed by atoms with E-state index in [0.29, 0.717) is 6.04 Å². The molecular formula is C19H21N5. The summed E-state index contributed by atoms with van der Waals surface area (Å²) in [6.45, 7) is 6.22. The van der Waals surface area contributed by atoms with Gasteiger partial charge in [-0.3, -0.25) is 9.88 Å². The normalized spacial score (nSPS) is 18.9. The Morgan fingerprint density at radius 1 is 1.00 bits per heavy atom. The van der Waals surface area contributed by atoms with E-state index in [0.717, 1.165) is 43.0 Å². The van der Waals surface area contributed by atoms with Gasteiger partial charge in [0.1, 0.15) is 11.8 Å². The smallest absolute Gasteiger partial charge is 0.158 e. The maximum absolute atomic E-state index is 4.51. The highest BCUT2D eigenvalue weighted by Gasteiger charge is 2.25. The molecule has 1 atom stereocenters. The van der Waals surface area contributed by atoms with Crippen molar-refractivity contribution in [2.24, 2.45) is 0 Å². The minimum Gasteiger partial charge on any atom is -0.352 e. The van der Waals surface area contributed by atoms with E-state index in [1.54, 1.807) is 6.33 Å². The van der Waals surface area contributed by atoms with Crippen LogP contribution < -0.4 is 4.90 Å². The predicted octanol–water partition coefficient (Wildman–Crippen LogP) is 2.74. The Balaban J connectivity index is 1.52. The van der Waals surface area contributed by atoms with Gasteiger partial charge in [-0.05, 0) is 24.6 Å². The van der Waals surface area contributed by atoms with Gasteiger partial charge in [0.25, 0.3) is 0 Å². The van der Waals surface area contributed by atoms with E-state index in [1.807, 2.05) is 18.3 Å². The van der Waals surface area contributed by atoms with Gasteiger partial charge in [0.05, 0.1) is 5.52 Å². The Kier molecular flexibility index (Phi) is 4.09. The third-order valence-corrected chi connectivity index (χ3v) is 4.67. The van der Waals surface area contributed by atoms with Crippen LogP contribution in [0.3, 0.4) is 0 Å². The van der Waals surface area contributed by atoms with Gasteiger partial charge >= 0.3 is 0 Å². The Morgan fingerprint density at radius 3 is 2.71 bits per heavy atom. The molecule has 5 nitrogen and oxygen atoms in total. The van der Waals surface area contributed by atoms with Gasteiger partial charge in [0.2, 0.25) is 0 Å². The van der Waals surface area contributed by atoms with E-state index < -0.39 is 0 Å². The fourth-order valence-corrected chi connectivity index (χ4v) is 3.35. The van der Waals surface area contributed by atoms with Crippen LogP contribution in [0.25, 0.3) is 11.0 Å². The van der Waals surface area contributed by atoms with Crippen molar-refractivity contribution in [1.82, 2.24) is 19.9 Å². The molecule has 122 valence electrons. The zero-order valence-electron chi connectivity index (χ0n) is 13.8. The van der Waals surface area contributed by atoms with E-state index in [9.17, 15) is 0 Å². The SMILES string of the molecule is CC1CN(c2ncnc3cccnc23)CCN1Cc1ccccc1. The van der Waals surface area contributed by atoms with E-state index in [-0.39, 0.29) is 0 Å². The number of hydrogen-bond acceptors (Lipinski definition) is 5. The molecule has 1 aromatic carbocycles. The van der Waals surface area contributed by atoms with Crippen LogP contribution in [-0.4, -0.2) is 45.5 Å². The molecule has 1 aliphatic heterocycles. The summed E-state index contributed by atoms with van der Waals surface area (Å²) in [5, 5.41) is 0. The quantitative estimate of drug-likeness (QED) is 0.743. The highest BCUT2D eigenvalue weighted by atomic mass is 15.3. The Hall–Kier alpha value is -2.53. The first kappa shape index (κ1) is 15.0. The first-order valence-electron chi connectivity index (χ1n) is 8.40. The van der Waals surface area contributed by atoms with Crippen LogP contribution in [0.4, 0.5) is 5.82 Å². The minimum absolute atomic E-state index is 0.465. The number of hydrogen-bond donors (Lipinski definition) is 0. The van der Waals surface area contributed by atoms with Crippen molar-refractivity contribution in [2.75, 3.05) is 24.5 Å². The molecule has 24 heavy (non-hydrogen) atoms. The number of aromatic nitrogens is 3. The van der Waals surface area contributed by atoms with Crippen molar-refractivity contribution in [3.05, 3.63) is 60.6 Å². The van der Waals surface area contributed by atoms with Gasteiger partial charge in [-0.2, -0.15) is 0 Å². The molecule has 0 amide bonds. The van der Waals surface area contributed by atoms with Gasteiger partial charge in [0.15, 0.2) is 5.82 Å². The van der Waals surface area contributed by atoms with Crippen molar-refractivity contribution < 1.29 is 0 Å². The molecule has 2 aromatic heterocycles. The average Bonchev–Trinajstić information content (AvgIpc) is 2.64. The summed E-state index contributed by atoms with van der Waals surface area (Å²) in [6.07, 6.45) is 3.45. The molecule has 5 heteroatoms. The van der Waals surface area contributed by atoms with Crippen molar-refractivity contribution in [2.45, 2.75) is 19.5 Å². The molecule has 3 aromatic rings. The van der Waals surface area contributed by atoms with Crippen molar-refractivity contribution in [1.29, 1.82) is 0 Å². The zero-order chi connectivity index (χ0) is 16.4. The van der Waals surface area contributed by atoms with Crippen LogP contribution in [0, 0.1) is 0 Å². The first-order valence-corrected chi connectivity index (χ1v) is 8.40. The largest absolute Gasteiger partial charge is 0.352 e. The molecule has 1 fully saturated rings. The second kappa shape index (κ2) is 6.53. The lowest BCUT2D eigenvalue weighted by Gasteiger charge is -2.40. The summed E-state index contributed by atoms with van der Waals surface area (Å²) < 4.78 is 0. The highest BCUT2D eigenvalue weighted by Crippen LogP contribution is 2.23. The number of anilines is 1. The number of pyridine rings is 1. The van der Waals surface area contributed by atoms with Gasteiger partial charge in [-0.15, -0.1) is 0 Å². The van der Waals surface area contributed by atoms with Crippen molar-refractivity contribution in [3.8, 4) is 0 Å². The van der Waals surface area contributed by atoms with Crippen molar-refractivity contribution >= 4 is 16.9 Å². The van der Waals surface area contributed by atoms with Gasteiger partial charge < -0.3 is 4.90 Å². The Bertz CT molecular complexity index is 815. The Morgan fingerprint density at radius 2 is 1.88 bits per heavy atom. The topological polar surface area (TPSA) is 45.2 Å². The molecule has 0 N–H and O–H groups in total. The summed E-state index contributed by atoms with van der Waals surface area (Å²) in [7, 11) is 0. The summed E-state index contributed by atoms with van der Waals surface area (Å²) in [5.74, 6) is 0.951. The summed E-state index contributed by atoms with van der Waals surface area (Å²) in [5.41, 5.74) is 3.16. The van der Waals surface area contributed by atoms with Crippen LogP contribution in [0.15, 0.2) is 55.0 Å². The fraction of sp³-hybridized carbons (Fsp3) is 0.316. The number of rotatable bonds is 3. The minimum atomic E-state index is 0.465. The molecule has 3 heterocycles. The lowest BCUT2D eigenvalue weighted by atomic mass is 10.1. The molecular weight excluding hydrogens is 298 g/mol. The van der Waals surface area contributed by atoms with Crippen LogP contribution in [-0.2, 0) is 6.54 Å². The fourth-order valence-electron chi connectivity index (χ4n) is 3.35. The third-order valence-electron chi connectivity index (χ3n) is 4.67. The highest BCUT2D eigenvalue weighted by molar-refractivity contribution is 5.85. The summed E-state index contributed by atoms with van der Waals surface area (Å²) in [6, 6.07) is 15.0. The maximum Gasteiger partial charge on any atom is 0.158 e. The maximum atomic E-state index is 4.51. The van der Waals surface area contributed by atoms with Crippen molar-refractivity contribution in [3.63, 3.8) is 0 Å². The third kappa shape index (κ3) is 2.95. The monoisotopic (exact) mass is 319 g/mol. The van der Waals surface area contributed by atoms with Gasteiger partial charge in [0, 0.05) is 38.4 Å². The Labute approximate surface area is 142 Å². The van der Waals surface area contributed by atoms with Crippen LogP contribution in [0.2, 0.25) is 0 Å². The lowest BCUT2D eigenvalue weighted by molar-refractivity contribution is 0.180. The van der Waals surface area contributed by atoms with Gasteiger partial charge in [-0.1, -0.05) is 30.3 Å². The number of fused-ring (bicyclic) bond motifs is 1. The predicted molar refractivity (Wildman–Crippen MR) is 95.9 cm³/mol. The lowest BCUT2D eigenvalue weighted by Crippen LogP contribution is -2.51.